The summed E-state index contributed by atoms with van der Waals surface area (Å²) < 4.78 is 0. The summed E-state index contributed by atoms with van der Waals surface area (Å²) in [5.74, 6) is 0.652. The molecule has 20 heavy (non-hydrogen) atoms. The van der Waals surface area contributed by atoms with Crippen LogP contribution in [0.25, 0.3) is 0 Å². The van der Waals surface area contributed by atoms with Gasteiger partial charge in [0.1, 0.15) is 0 Å². The van der Waals surface area contributed by atoms with E-state index >= 15 is 0 Å². The first-order valence-corrected chi connectivity index (χ1v) is 9.62. The summed E-state index contributed by atoms with van der Waals surface area (Å²) in [5.41, 5.74) is 1.08. The van der Waals surface area contributed by atoms with Gasteiger partial charge >= 0.3 is 0 Å². The molecule has 1 aromatic carbocycles. The van der Waals surface area contributed by atoms with E-state index in [9.17, 15) is 4.79 Å². The Hall–Kier alpha value is -1.35. The second-order valence-corrected chi connectivity index (χ2v) is 8.58. The van der Waals surface area contributed by atoms with E-state index in [1.54, 1.807) is 0 Å². The highest BCUT2D eigenvalue weighted by molar-refractivity contribution is 6.59. The molecular formula is C17H26NOSi. The van der Waals surface area contributed by atoms with Crippen molar-refractivity contribution in [1.82, 2.24) is 5.32 Å². The van der Waals surface area contributed by atoms with Gasteiger partial charge in [-0.2, -0.15) is 0 Å². The predicted molar refractivity (Wildman–Crippen MR) is 88.4 cm³/mol. The van der Waals surface area contributed by atoms with Gasteiger partial charge in [0.15, 0.2) is 0 Å². The molecule has 1 aromatic rings. The Morgan fingerprint density at radius 1 is 1.35 bits per heavy atom. The Morgan fingerprint density at radius 3 is 2.55 bits per heavy atom. The molecule has 109 valence electrons. The summed E-state index contributed by atoms with van der Waals surface area (Å²) in [6.45, 7) is 10.5. The highest BCUT2D eigenvalue weighted by atomic mass is 28.3. The number of allylic oxidation sites excluding steroid dienone is 1. The lowest BCUT2D eigenvalue weighted by Gasteiger charge is -2.25. The zero-order valence-corrected chi connectivity index (χ0v) is 13.9. The van der Waals surface area contributed by atoms with E-state index in [4.69, 9.17) is 0 Å². The van der Waals surface area contributed by atoms with Crippen molar-refractivity contribution >= 4 is 14.7 Å². The molecule has 0 heterocycles. The van der Waals surface area contributed by atoms with Crippen LogP contribution in [-0.4, -0.2) is 20.4 Å². The first-order chi connectivity index (χ1) is 9.54. The third-order valence-electron chi connectivity index (χ3n) is 3.39. The fraction of sp³-hybridized carbons (Fsp3) is 0.471. The number of carbonyl (C=O) groups is 1. The van der Waals surface area contributed by atoms with Crippen molar-refractivity contribution < 1.29 is 4.79 Å². The van der Waals surface area contributed by atoms with Gasteiger partial charge in [-0.25, -0.2) is 0 Å². The van der Waals surface area contributed by atoms with E-state index in [-0.39, 0.29) is 5.91 Å². The molecule has 1 N–H and O–H groups in total. The van der Waals surface area contributed by atoms with Crippen LogP contribution in [0.2, 0.25) is 12.6 Å². The van der Waals surface area contributed by atoms with Gasteiger partial charge in [-0.15, -0.1) is 6.58 Å². The molecule has 1 amide bonds. The Labute approximate surface area is 124 Å². The summed E-state index contributed by atoms with van der Waals surface area (Å²) in [6, 6.07) is 10.6. The molecule has 0 bridgehead atoms. The van der Waals surface area contributed by atoms with Crippen LogP contribution in [0.5, 0.6) is 0 Å². The van der Waals surface area contributed by atoms with Gasteiger partial charge in [0, 0.05) is 11.2 Å². The quantitative estimate of drug-likeness (QED) is 0.567. The number of rotatable bonds is 8. The summed E-state index contributed by atoms with van der Waals surface area (Å²) in [4.78, 5) is 12.3. The Balaban J connectivity index is 2.68. The van der Waals surface area contributed by atoms with Gasteiger partial charge in [-0.3, -0.25) is 4.79 Å². The van der Waals surface area contributed by atoms with Crippen LogP contribution in [0.4, 0.5) is 0 Å². The first-order valence-electron chi connectivity index (χ1n) is 7.33. The van der Waals surface area contributed by atoms with Gasteiger partial charge in [0.05, 0.1) is 8.80 Å². The van der Waals surface area contributed by atoms with E-state index in [1.807, 2.05) is 36.4 Å². The van der Waals surface area contributed by atoms with Crippen molar-refractivity contribution in [3.63, 3.8) is 0 Å². The van der Waals surface area contributed by atoms with Crippen LogP contribution < -0.4 is 5.32 Å². The third kappa shape index (κ3) is 5.74. The number of hydrogen-bond donors (Lipinski definition) is 1. The average molecular weight is 288 g/mol. The molecule has 1 rings (SSSR count). The highest BCUT2D eigenvalue weighted by Crippen LogP contribution is 2.13. The SMILES string of the molecule is C=CCC[Si](C)C(CC(C)C)NC(=O)c1ccccc1. The summed E-state index contributed by atoms with van der Waals surface area (Å²) in [7, 11) is -0.591. The lowest BCUT2D eigenvalue weighted by Crippen LogP contribution is -2.45. The first kappa shape index (κ1) is 16.7. The van der Waals surface area contributed by atoms with Gasteiger partial charge in [0.2, 0.25) is 0 Å². The van der Waals surface area contributed by atoms with E-state index < -0.39 is 8.80 Å². The fourth-order valence-electron chi connectivity index (χ4n) is 2.19. The molecule has 1 atom stereocenters. The van der Waals surface area contributed by atoms with Crippen LogP contribution in [0, 0.1) is 5.92 Å². The largest absolute Gasteiger partial charge is 0.352 e. The van der Waals surface area contributed by atoms with Gasteiger partial charge < -0.3 is 5.32 Å². The van der Waals surface area contributed by atoms with E-state index in [2.05, 4.69) is 32.3 Å². The molecule has 0 spiro atoms. The highest BCUT2D eigenvalue weighted by Gasteiger charge is 2.22. The molecule has 0 saturated carbocycles. The van der Waals surface area contributed by atoms with Crippen LogP contribution in [-0.2, 0) is 0 Å². The molecule has 1 unspecified atom stereocenters. The molecule has 3 heteroatoms. The number of hydrogen-bond acceptors (Lipinski definition) is 1. The lowest BCUT2D eigenvalue weighted by molar-refractivity contribution is 0.0945. The monoisotopic (exact) mass is 288 g/mol. The minimum Gasteiger partial charge on any atom is -0.352 e. The molecule has 1 radical (unpaired) electrons. The van der Waals surface area contributed by atoms with Gasteiger partial charge in [-0.05, 0) is 30.9 Å². The number of nitrogens with one attached hydrogen (secondary N) is 1. The normalized spacial score (nSPS) is 12.4. The summed E-state index contributed by atoms with van der Waals surface area (Å²) in [5, 5.41) is 3.25. The number of amides is 1. The maximum Gasteiger partial charge on any atom is 0.251 e. The minimum atomic E-state index is -0.591. The summed E-state index contributed by atoms with van der Waals surface area (Å²) in [6.07, 6.45) is 4.07. The van der Waals surface area contributed by atoms with Crippen LogP contribution in [0.3, 0.4) is 0 Å². The van der Waals surface area contributed by atoms with E-state index in [0.29, 0.717) is 11.6 Å². The maximum atomic E-state index is 12.3. The van der Waals surface area contributed by atoms with Crippen molar-refractivity contribution in [2.75, 3.05) is 0 Å². The average Bonchev–Trinajstić information content (AvgIpc) is 2.44. The van der Waals surface area contributed by atoms with Crippen molar-refractivity contribution in [2.24, 2.45) is 5.92 Å². The summed E-state index contributed by atoms with van der Waals surface area (Å²) >= 11 is 0. The van der Waals surface area contributed by atoms with Gasteiger partial charge in [-0.1, -0.05) is 50.7 Å². The van der Waals surface area contributed by atoms with Gasteiger partial charge in [0.25, 0.3) is 5.91 Å². The van der Waals surface area contributed by atoms with Crippen molar-refractivity contribution in [3.8, 4) is 0 Å². The number of benzene rings is 1. The van der Waals surface area contributed by atoms with Crippen LogP contribution in [0.15, 0.2) is 43.0 Å². The minimum absolute atomic E-state index is 0.0548. The molecule has 0 aliphatic carbocycles. The molecular weight excluding hydrogens is 262 g/mol. The Bertz CT molecular complexity index is 416. The standard InChI is InChI=1S/C17H26NOSi/c1-5-6-12-20(4)16(13-14(2)3)18-17(19)15-10-8-7-9-11-15/h5,7-11,14,16H,1,6,12-13H2,2-4H3,(H,18,19). The molecule has 0 saturated heterocycles. The van der Waals surface area contributed by atoms with E-state index in [0.717, 1.165) is 18.4 Å². The van der Waals surface area contributed by atoms with Crippen LogP contribution in [0.1, 0.15) is 37.0 Å². The Kier molecular flexibility index (Phi) is 7.30. The second-order valence-electron chi connectivity index (χ2n) is 5.70. The Morgan fingerprint density at radius 2 is 2.00 bits per heavy atom. The molecule has 0 fully saturated rings. The van der Waals surface area contributed by atoms with Crippen molar-refractivity contribution in [2.45, 2.75) is 44.9 Å². The van der Waals surface area contributed by atoms with E-state index in [1.165, 1.54) is 6.04 Å². The lowest BCUT2D eigenvalue weighted by atomic mass is 10.1. The van der Waals surface area contributed by atoms with Crippen molar-refractivity contribution in [1.29, 1.82) is 0 Å². The predicted octanol–water partition coefficient (Wildman–Crippen LogP) is 4.07. The second kappa shape index (κ2) is 8.75. The molecule has 0 aliphatic heterocycles. The topological polar surface area (TPSA) is 29.1 Å². The third-order valence-corrected chi connectivity index (χ3v) is 6.03. The number of carbonyl (C=O) groups excluding carboxylic acids is 1. The fourth-order valence-corrected chi connectivity index (χ4v) is 4.45. The zero-order valence-electron chi connectivity index (χ0n) is 12.9. The van der Waals surface area contributed by atoms with Crippen molar-refractivity contribution in [3.05, 3.63) is 48.6 Å². The smallest absolute Gasteiger partial charge is 0.251 e. The zero-order chi connectivity index (χ0) is 15.0. The molecule has 0 aliphatic rings. The van der Waals surface area contributed by atoms with Crippen LogP contribution >= 0.6 is 0 Å². The molecule has 2 nitrogen and oxygen atoms in total. The maximum absolute atomic E-state index is 12.3. The molecule has 0 aromatic heterocycles.